The summed E-state index contributed by atoms with van der Waals surface area (Å²) in [5.74, 6) is 0. The topological polar surface area (TPSA) is 45.8 Å². The predicted molar refractivity (Wildman–Crippen MR) is 71.0 cm³/mol. The molecular weight excluding hydrogens is 271 g/mol. The van der Waals surface area contributed by atoms with E-state index in [9.17, 15) is 4.79 Å². The Morgan fingerprint density at radius 2 is 2.06 bits per heavy atom. The van der Waals surface area contributed by atoms with Gasteiger partial charge in [0.25, 0.3) is 5.56 Å². The van der Waals surface area contributed by atoms with E-state index in [1.807, 2.05) is 6.07 Å². The summed E-state index contributed by atoms with van der Waals surface area (Å²) in [5, 5.41) is 9.29. The molecule has 0 amide bonds. The van der Waals surface area contributed by atoms with Gasteiger partial charge in [-0.1, -0.05) is 35.3 Å². The van der Waals surface area contributed by atoms with Gasteiger partial charge >= 0.3 is 0 Å². The molecule has 1 heterocycles. The molecule has 0 fully saturated rings. The van der Waals surface area contributed by atoms with E-state index in [2.05, 4.69) is 6.07 Å². The van der Waals surface area contributed by atoms with Crippen molar-refractivity contribution in [1.29, 1.82) is 5.26 Å². The van der Waals surface area contributed by atoms with Crippen LogP contribution < -0.4 is 5.56 Å². The molecule has 0 N–H and O–H groups in total. The molecule has 0 saturated heterocycles. The lowest BCUT2D eigenvalue weighted by molar-refractivity contribution is 0.760. The number of nitrogens with zero attached hydrogens (tertiary/aromatic N) is 2. The van der Waals surface area contributed by atoms with Gasteiger partial charge in [-0.15, -0.1) is 0 Å². The zero-order chi connectivity index (χ0) is 13.1. The van der Waals surface area contributed by atoms with Gasteiger partial charge in [-0.3, -0.25) is 4.79 Å². The summed E-state index contributed by atoms with van der Waals surface area (Å²) in [6.07, 6.45) is 1.52. The molecule has 5 heteroatoms. The molecule has 3 nitrogen and oxygen atoms in total. The van der Waals surface area contributed by atoms with Crippen molar-refractivity contribution in [1.82, 2.24) is 4.57 Å². The van der Waals surface area contributed by atoms with Crippen molar-refractivity contribution >= 4 is 23.2 Å². The molecule has 0 radical (unpaired) electrons. The van der Waals surface area contributed by atoms with Gasteiger partial charge in [0.05, 0.1) is 23.2 Å². The minimum atomic E-state index is -0.302. The van der Waals surface area contributed by atoms with Crippen molar-refractivity contribution in [3.8, 4) is 6.07 Å². The molecule has 0 aliphatic carbocycles. The average Bonchev–Trinajstić information content (AvgIpc) is 2.35. The van der Waals surface area contributed by atoms with Crippen LogP contribution >= 0.6 is 23.2 Å². The van der Waals surface area contributed by atoms with Gasteiger partial charge in [0.2, 0.25) is 0 Å². The molecule has 0 aliphatic rings. The maximum atomic E-state index is 11.8. The summed E-state index contributed by atoms with van der Waals surface area (Å²) in [5.41, 5.74) is 1.09. The van der Waals surface area contributed by atoms with Crippen LogP contribution in [-0.2, 0) is 6.54 Å². The molecule has 0 aliphatic heterocycles. The number of nitriles is 1. The third-order valence-corrected chi connectivity index (χ3v) is 2.90. The highest BCUT2D eigenvalue weighted by Crippen LogP contribution is 2.13. The van der Waals surface area contributed by atoms with Crippen molar-refractivity contribution in [2.24, 2.45) is 0 Å². The lowest BCUT2D eigenvalue weighted by Gasteiger charge is -2.07. The first-order chi connectivity index (χ1) is 8.60. The number of rotatable bonds is 2. The molecule has 2 aromatic rings. The minimum Gasteiger partial charge on any atom is -0.308 e. The van der Waals surface area contributed by atoms with Crippen molar-refractivity contribution in [3.05, 3.63) is 68.1 Å². The molecular formula is C13H8Cl2N2O. The van der Waals surface area contributed by atoms with Crippen molar-refractivity contribution in [2.45, 2.75) is 6.54 Å². The van der Waals surface area contributed by atoms with Crippen LogP contribution in [0.1, 0.15) is 11.1 Å². The maximum Gasteiger partial charge on any atom is 0.269 e. The third kappa shape index (κ3) is 2.73. The maximum absolute atomic E-state index is 11.8. The number of hydrogen-bond acceptors (Lipinski definition) is 2. The second-order valence-electron chi connectivity index (χ2n) is 3.75. The first-order valence-electron chi connectivity index (χ1n) is 5.14. The van der Waals surface area contributed by atoms with Crippen molar-refractivity contribution < 1.29 is 0 Å². The molecule has 90 valence electrons. The molecule has 0 spiro atoms. The summed E-state index contributed by atoms with van der Waals surface area (Å²) in [6.45, 7) is 0.328. The molecule has 0 bridgehead atoms. The number of benzene rings is 1. The minimum absolute atomic E-state index is 0.0823. The van der Waals surface area contributed by atoms with E-state index in [4.69, 9.17) is 28.5 Å². The normalized spacial score (nSPS) is 10.1. The van der Waals surface area contributed by atoms with Crippen LogP contribution in [0.15, 0.2) is 41.3 Å². The number of halogens is 2. The lowest BCUT2D eigenvalue weighted by Crippen LogP contribution is -2.20. The first kappa shape index (κ1) is 12.7. The highest BCUT2D eigenvalue weighted by Gasteiger charge is 2.05. The van der Waals surface area contributed by atoms with Crippen LogP contribution in [0.2, 0.25) is 10.0 Å². The van der Waals surface area contributed by atoms with Crippen LogP contribution in [0.3, 0.4) is 0 Å². The smallest absolute Gasteiger partial charge is 0.269 e. The van der Waals surface area contributed by atoms with E-state index >= 15 is 0 Å². The van der Waals surface area contributed by atoms with Crippen molar-refractivity contribution in [2.75, 3.05) is 0 Å². The molecule has 0 saturated carbocycles. The van der Waals surface area contributed by atoms with Gasteiger partial charge in [-0.05, 0) is 23.8 Å². The van der Waals surface area contributed by atoms with Crippen LogP contribution in [0.25, 0.3) is 0 Å². The Morgan fingerprint density at radius 3 is 2.78 bits per heavy atom. The zero-order valence-electron chi connectivity index (χ0n) is 9.23. The average molecular weight is 279 g/mol. The summed E-state index contributed by atoms with van der Waals surface area (Å²) in [4.78, 5) is 11.8. The quantitative estimate of drug-likeness (QED) is 0.848. The molecule has 18 heavy (non-hydrogen) atoms. The second-order valence-corrected chi connectivity index (χ2v) is 4.60. The van der Waals surface area contributed by atoms with Gasteiger partial charge in [-0.25, -0.2) is 0 Å². The molecule has 1 aromatic heterocycles. The van der Waals surface area contributed by atoms with E-state index in [-0.39, 0.29) is 10.6 Å². The van der Waals surface area contributed by atoms with Crippen molar-refractivity contribution in [3.63, 3.8) is 0 Å². The molecule has 1 aromatic carbocycles. The van der Waals surface area contributed by atoms with Gasteiger partial charge < -0.3 is 4.57 Å². The molecule has 2 rings (SSSR count). The Hall–Kier alpha value is -1.76. The Labute approximate surface area is 114 Å². The first-order valence-corrected chi connectivity index (χ1v) is 5.90. The highest BCUT2D eigenvalue weighted by atomic mass is 35.5. The Balaban J connectivity index is 2.40. The summed E-state index contributed by atoms with van der Waals surface area (Å²) >= 11 is 11.6. The fraction of sp³-hybridized carbons (Fsp3) is 0.0769. The van der Waals surface area contributed by atoms with Crippen LogP contribution in [0.4, 0.5) is 0 Å². The second kappa shape index (κ2) is 5.26. The summed E-state index contributed by atoms with van der Waals surface area (Å²) in [6, 6.07) is 10.5. The summed E-state index contributed by atoms with van der Waals surface area (Å²) in [7, 11) is 0. The summed E-state index contributed by atoms with van der Waals surface area (Å²) < 4.78 is 1.42. The highest BCUT2D eigenvalue weighted by molar-refractivity contribution is 6.34. The van der Waals surface area contributed by atoms with Gasteiger partial charge in [0, 0.05) is 6.20 Å². The molecule has 0 unspecified atom stereocenters. The molecule has 0 atom stereocenters. The van der Waals surface area contributed by atoms with E-state index in [1.165, 1.54) is 16.8 Å². The largest absolute Gasteiger partial charge is 0.308 e. The van der Waals surface area contributed by atoms with Crippen LogP contribution in [0, 0.1) is 11.3 Å². The van der Waals surface area contributed by atoms with Crippen LogP contribution in [0.5, 0.6) is 0 Å². The fourth-order valence-corrected chi connectivity index (χ4v) is 2.13. The van der Waals surface area contributed by atoms with E-state index in [0.29, 0.717) is 17.1 Å². The van der Waals surface area contributed by atoms with E-state index in [1.54, 1.807) is 18.2 Å². The van der Waals surface area contributed by atoms with Gasteiger partial charge in [0.1, 0.15) is 5.02 Å². The SMILES string of the molecule is N#Cc1cccc(Cn2cc(Cl)cc(Cl)c2=O)c1. The van der Waals surface area contributed by atoms with Gasteiger partial charge in [-0.2, -0.15) is 5.26 Å². The standard InChI is InChI=1S/C13H8Cl2N2O/c14-11-5-12(15)13(18)17(8-11)7-10-3-1-2-9(4-10)6-16/h1-5,8H,7H2. The number of aromatic nitrogens is 1. The van der Waals surface area contributed by atoms with Crippen LogP contribution in [-0.4, -0.2) is 4.57 Å². The van der Waals surface area contributed by atoms with E-state index in [0.717, 1.165) is 5.56 Å². The van der Waals surface area contributed by atoms with E-state index < -0.39 is 0 Å². The number of hydrogen-bond donors (Lipinski definition) is 0. The Morgan fingerprint density at radius 1 is 1.28 bits per heavy atom. The Kier molecular flexibility index (Phi) is 3.71. The Bertz CT molecular complexity index is 686. The third-order valence-electron chi connectivity index (χ3n) is 2.42. The monoisotopic (exact) mass is 278 g/mol. The predicted octanol–water partition coefficient (Wildman–Crippen LogP) is 3.08. The lowest BCUT2D eigenvalue weighted by atomic mass is 10.1. The fourth-order valence-electron chi connectivity index (χ4n) is 1.62. The zero-order valence-corrected chi connectivity index (χ0v) is 10.7. The van der Waals surface area contributed by atoms with Gasteiger partial charge in [0.15, 0.2) is 0 Å². The number of pyridine rings is 1.